The highest BCUT2D eigenvalue weighted by Crippen LogP contribution is 2.15. The van der Waals surface area contributed by atoms with Gasteiger partial charge >= 0.3 is 0 Å². The lowest BCUT2D eigenvalue weighted by Crippen LogP contribution is -2.31. The van der Waals surface area contributed by atoms with Crippen LogP contribution in [-0.2, 0) is 0 Å². The van der Waals surface area contributed by atoms with Gasteiger partial charge < -0.3 is 10.1 Å². The van der Waals surface area contributed by atoms with Crippen LogP contribution in [0.25, 0.3) is 0 Å². The van der Waals surface area contributed by atoms with Gasteiger partial charge in [0, 0.05) is 12.1 Å². The maximum atomic E-state index is 5.51. The molecule has 0 aliphatic heterocycles. The largest absolute Gasteiger partial charge is 0.489 e. The molecule has 0 unspecified atom stereocenters. The van der Waals surface area contributed by atoms with Gasteiger partial charge in [-0.25, -0.2) is 0 Å². The van der Waals surface area contributed by atoms with Gasteiger partial charge in [0.2, 0.25) is 0 Å². The van der Waals surface area contributed by atoms with Crippen molar-refractivity contribution in [2.45, 2.75) is 6.92 Å². The summed E-state index contributed by atoms with van der Waals surface area (Å²) < 4.78 is 5.51. The Labute approximate surface area is 113 Å². The number of hydrazone groups is 1. The monoisotopic (exact) mass is 263 g/mol. The lowest BCUT2D eigenvalue weighted by atomic mass is 10.2. The number of nitrogens with zero attached hydrogens (tertiary/aromatic N) is 1. The molecule has 96 valence electrons. The van der Waals surface area contributed by atoms with Gasteiger partial charge in [-0.05, 0) is 31.3 Å². The SMILES string of the molecule is C=CCOc1ccccc1C=NNC(=S)NCC. The Morgan fingerprint density at radius 3 is 3.00 bits per heavy atom. The molecule has 18 heavy (non-hydrogen) atoms. The molecule has 5 heteroatoms. The third kappa shape index (κ3) is 4.97. The Hall–Kier alpha value is -1.88. The standard InChI is InChI=1S/C13H17N3OS/c1-3-9-17-12-8-6-5-7-11(12)10-15-16-13(18)14-4-2/h3,5-8,10H,1,4,9H2,2H3,(H2,14,16,18). The molecule has 1 rings (SSSR count). The van der Waals surface area contributed by atoms with Crippen molar-refractivity contribution in [3.05, 3.63) is 42.5 Å². The molecule has 0 aromatic heterocycles. The van der Waals surface area contributed by atoms with Crippen LogP contribution in [-0.4, -0.2) is 24.5 Å². The molecule has 4 nitrogen and oxygen atoms in total. The minimum Gasteiger partial charge on any atom is -0.489 e. The Bertz CT molecular complexity index is 432. The normalized spacial score (nSPS) is 10.1. The summed E-state index contributed by atoms with van der Waals surface area (Å²) in [5.41, 5.74) is 3.61. The van der Waals surface area contributed by atoms with Crippen molar-refractivity contribution in [3.8, 4) is 5.75 Å². The fourth-order valence-electron chi connectivity index (χ4n) is 1.23. The number of ether oxygens (including phenoxy) is 1. The minimum atomic E-state index is 0.466. The fraction of sp³-hybridized carbons (Fsp3) is 0.231. The molecule has 1 aromatic carbocycles. The van der Waals surface area contributed by atoms with E-state index in [1.807, 2.05) is 31.2 Å². The Morgan fingerprint density at radius 2 is 2.28 bits per heavy atom. The van der Waals surface area contributed by atoms with E-state index in [2.05, 4.69) is 22.4 Å². The van der Waals surface area contributed by atoms with Crippen LogP contribution in [0.15, 0.2) is 42.0 Å². The first-order chi connectivity index (χ1) is 8.77. The topological polar surface area (TPSA) is 45.6 Å². The van der Waals surface area contributed by atoms with E-state index in [0.29, 0.717) is 11.7 Å². The summed E-state index contributed by atoms with van der Waals surface area (Å²) in [5.74, 6) is 0.761. The van der Waals surface area contributed by atoms with E-state index in [9.17, 15) is 0 Å². The van der Waals surface area contributed by atoms with E-state index < -0.39 is 0 Å². The predicted molar refractivity (Wildman–Crippen MR) is 79.1 cm³/mol. The zero-order chi connectivity index (χ0) is 13.2. The van der Waals surface area contributed by atoms with Gasteiger partial charge in [0.15, 0.2) is 5.11 Å². The minimum absolute atomic E-state index is 0.466. The molecule has 0 amide bonds. The van der Waals surface area contributed by atoms with Crippen molar-refractivity contribution in [1.29, 1.82) is 0 Å². The van der Waals surface area contributed by atoms with Crippen LogP contribution in [0.2, 0.25) is 0 Å². The van der Waals surface area contributed by atoms with E-state index in [1.54, 1.807) is 12.3 Å². The highest BCUT2D eigenvalue weighted by molar-refractivity contribution is 7.80. The first kappa shape index (κ1) is 14.2. The molecule has 0 heterocycles. The molecular weight excluding hydrogens is 246 g/mol. The van der Waals surface area contributed by atoms with Crippen LogP contribution in [0, 0.1) is 0 Å². The summed E-state index contributed by atoms with van der Waals surface area (Å²) >= 11 is 4.99. The van der Waals surface area contributed by atoms with E-state index in [0.717, 1.165) is 17.9 Å². The molecule has 0 atom stereocenters. The molecule has 0 bridgehead atoms. The first-order valence-electron chi connectivity index (χ1n) is 5.67. The predicted octanol–water partition coefficient (Wildman–Crippen LogP) is 2.07. The number of hydrogen-bond acceptors (Lipinski definition) is 3. The van der Waals surface area contributed by atoms with Crippen LogP contribution >= 0.6 is 12.2 Å². The van der Waals surface area contributed by atoms with Gasteiger partial charge in [0.25, 0.3) is 0 Å². The number of thiocarbonyl (C=S) groups is 1. The summed E-state index contributed by atoms with van der Waals surface area (Å²) in [7, 11) is 0. The molecular formula is C13H17N3OS. The molecule has 0 saturated carbocycles. The Balaban J connectivity index is 2.62. The molecule has 1 aromatic rings. The number of benzene rings is 1. The molecule has 2 N–H and O–H groups in total. The number of para-hydroxylation sites is 1. The Morgan fingerprint density at radius 1 is 1.50 bits per heavy atom. The van der Waals surface area contributed by atoms with Crippen molar-refractivity contribution >= 4 is 23.5 Å². The zero-order valence-electron chi connectivity index (χ0n) is 10.3. The summed E-state index contributed by atoms with van der Waals surface area (Å²) in [6.07, 6.45) is 3.37. The van der Waals surface area contributed by atoms with Crippen molar-refractivity contribution in [2.24, 2.45) is 5.10 Å². The van der Waals surface area contributed by atoms with Crippen LogP contribution in [0.1, 0.15) is 12.5 Å². The number of rotatable bonds is 6. The summed E-state index contributed by atoms with van der Waals surface area (Å²) in [6.45, 7) is 6.81. The summed E-state index contributed by atoms with van der Waals surface area (Å²) in [6, 6.07) is 7.63. The average molecular weight is 263 g/mol. The highest BCUT2D eigenvalue weighted by atomic mass is 32.1. The van der Waals surface area contributed by atoms with Gasteiger partial charge in [-0.1, -0.05) is 24.8 Å². The molecule has 0 fully saturated rings. The third-order valence-electron chi connectivity index (χ3n) is 1.98. The van der Waals surface area contributed by atoms with E-state index in [4.69, 9.17) is 17.0 Å². The van der Waals surface area contributed by atoms with Gasteiger partial charge in [0.1, 0.15) is 12.4 Å². The van der Waals surface area contributed by atoms with Crippen molar-refractivity contribution in [3.63, 3.8) is 0 Å². The first-order valence-corrected chi connectivity index (χ1v) is 6.08. The van der Waals surface area contributed by atoms with Crippen LogP contribution in [0.5, 0.6) is 5.75 Å². The molecule has 0 radical (unpaired) electrons. The molecule has 0 saturated heterocycles. The second-order valence-electron chi connectivity index (χ2n) is 3.37. The number of hydrogen-bond donors (Lipinski definition) is 2. The van der Waals surface area contributed by atoms with Gasteiger partial charge in [-0.3, -0.25) is 5.43 Å². The van der Waals surface area contributed by atoms with Gasteiger partial charge in [-0.2, -0.15) is 5.10 Å². The average Bonchev–Trinajstić information content (AvgIpc) is 2.38. The van der Waals surface area contributed by atoms with Gasteiger partial charge in [-0.15, -0.1) is 0 Å². The van der Waals surface area contributed by atoms with Crippen molar-refractivity contribution in [2.75, 3.05) is 13.2 Å². The zero-order valence-corrected chi connectivity index (χ0v) is 11.2. The van der Waals surface area contributed by atoms with Crippen molar-refractivity contribution in [1.82, 2.24) is 10.7 Å². The molecule has 0 aliphatic carbocycles. The van der Waals surface area contributed by atoms with Crippen LogP contribution in [0.3, 0.4) is 0 Å². The maximum Gasteiger partial charge on any atom is 0.186 e. The van der Waals surface area contributed by atoms with E-state index in [-0.39, 0.29) is 0 Å². The maximum absolute atomic E-state index is 5.51. The smallest absolute Gasteiger partial charge is 0.186 e. The van der Waals surface area contributed by atoms with E-state index in [1.165, 1.54) is 0 Å². The number of nitrogens with one attached hydrogen (secondary N) is 2. The quantitative estimate of drug-likeness (QED) is 0.357. The molecule has 0 aliphatic rings. The van der Waals surface area contributed by atoms with Crippen LogP contribution in [0.4, 0.5) is 0 Å². The summed E-state index contributed by atoms with van der Waals surface area (Å²) in [4.78, 5) is 0. The second-order valence-corrected chi connectivity index (χ2v) is 3.78. The summed E-state index contributed by atoms with van der Waals surface area (Å²) in [5, 5.41) is 7.49. The lowest BCUT2D eigenvalue weighted by Gasteiger charge is -2.06. The van der Waals surface area contributed by atoms with E-state index >= 15 is 0 Å². The highest BCUT2D eigenvalue weighted by Gasteiger charge is 1.98. The second kappa shape index (κ2) is 8.25. The van der Waals surface area contributed by atoms with Gasteiger partial charge in [0.05, 0.1) is 6.21 Å². The fourth-order valence-corrected chi connectivity index (χ4v) is 1.42. The van der Waals surface area contributed by atoms with Crippen LogP contribution < -0.4 is 15.5 Å². The van der Waals surface area contributed by atoms with Crippen molar-refractivity contribution < 1.29 is 4.74 Å². The lowest BCUT2D eigenvalue weighted by molar-refractivity contribution is 0.362. The Kier molecular flexibility index (Phi) is 6.50. The third-order valence-corrected chi connectivity index (χ3v) is 2.22. The molecule has 0 spiro atoms.